The molecule has 2 heterocycles. The number of pyridine rings is 1. The predicted molar refractivity (Wildman–Crippen MR) is 105 cm³/mol. The summed E-state index contributed by atoms with van der Waals surface area (Å²) in [6.45, 7) is 0.774. The van der Waals surface area contributed by atoms with E-state index in [1.54, 1.807) is 23.3 Å². The predicted octanol–water partition coefficient (Wildman–Crippen LogP) is 2.19. The van der Waals surface area contributed by atoms with Crippen molar-refractivity contribution in [2.75, 3.05) is 13.1 Å². The summed E-state index contributed by atoms with van der Waals surface area (Å²) in [4.78, 5) is 28.6. The van der Waals surface area contributed by atoms with Crippen LogP contribution in [-0.2, 0) is 4.79 Å². The van der Waals surface area contributed by atoms with Crippen molar-refractivity contribution in [2.45, 2.75) is 12.8 Å². The highest BCUT2D eigenvalue weighted by atomic mass is 16.2. The van der Waals surface area contributed by atoms with E-state index in [0.29, 0.717) is 24.3 Å². The van der Waals surface area contributed by atoms with Crippen LogP contribution in [0.3, 0.4) is 0 Å². The molecule has 1 aliphatic carbocycles. The van der Waals surface area contributed by atoms with Crippen LogP contribution in [0, 0.1) is 5.92 Å². The van der Waals surface area contributed by atoms with Gasteiger partial charge in [-0.05, 0) is 37.1 Å². The number of hydrogen-bond donors (Lipinski definition) is 2. The molecule has 4 rings (SSSR count). The molecule has 0 radical (unpaired) electrons. The van der Waals surface area contributed by atoms with Crippen molar-refractivity contribution in [3.05, 3.63) is 66.6 Å². The smallest absolute Gasteiger partial charge is 0.255 e. The first-order valence-corrected chi connectivity index (χ1v) is 9.34. The Bertz CT molecular complexity index is 965. The zero-order chi connectivity index (χ0) is 19.3. The summed E-state index contributed by atoms with van der Waals surface area (Å²) in [5, 5.41) is 10.3. The van der Waals surface area contributed by atoms with Gasteiger partial charge in [0.25, 0.3) is 5.91 Å². The number of nitrogens with one attached hydrogen (secondary N) is 2. The minimum atomic E-state index is -0.235. The first kappa shape index (κ1) is 17.9. The van der Waals surface area contributed by atoms with E-state index in [0.717, 1.165) is 24.1 Å². The molecule has 1 aromatic carbocycles. The number of para-hydroxylation sites is 1. The summed E-state index contributed by atoms with van der Waals surface area (Å²) >= 11 is 0. The number of hydrogen-bond acceptors (Lipinski definition) is 4. The van der Waals surface area contributed by atoms with Crippen molar-refractivity contribution in [3.8, 4) is 16.9 Å². The summed E-state index contributed by atoms with van der Waals surface area (Å²) in [6, 6.07) is 13.3. The minimum absolute atomic E-state index is 0.0715. The monoisotopic (exact) mass is 375 g/mol. The van der Waals surface area contributed by atoms with Gasteiger partial charge in [-0.15, -0.1) is 0 Å². The van der Waals surface area contributed by atoms with Crippen LogP contribution in [0.1, 0.15) is 23.2 Å². The molecule has 142 valence electrons. The Balaban J connectivity index is 1.51. The Hall–Kier alpha value is -3.48. The van der Waals surface area contributed by atoms with Crippen molar-refractivity contribution in [3.63, 3.8) is 0 Å². The van der Waals surface area contributed by atoms with E-state index < -0.39 is 0 Å². The van der Waals surface area contributed by atoms with Gasteiger partial charge in [0, 0.05) is 43.2 Å². The molecule has 1 saturated carbocycles. The summed E-state index contributed by atoms with van der Waals surface area (Å²) in [5.74, 6) is 0.000824. The van der Waals surface area contributed by atoms with Crippen LogP contribution in [0.4, 0.5) is 0 Å². The van der Waals surface area contributed by atoms with E-state index in [-0.39, 0.29) is 17.7 Å². The topological polar surface area (TPSA) is 88.9 Å². The summed E-state index contributed by atoms with van der Waals surface area (Å²) in [6.07, 6.45) is 7.01. The van der Waals surface area contributed by atoms with Crippen molar-refractivity contribution >= 4 is 11.8 Å². The second kappa shape index (κ2) is 8.04. The van der Waals surface area contributed by atoms with Crippen molar-refractivity contribution in [1.82, 2.24) is 25.4 Å². The van der Waals surface area contributed by atoms with Gasteiger partial charge in [-0.2, -0.15) is 5.10 Å². The van der Waals surface area contributed by atoms with Crippen molar-refractivity contribution in [1.29, 1.82) is 0 Å². The van der Waals surface area contributed by atoms with E-state index >= 15 is 0 Å². The molecule has 7 nitrogen and oxygen atoms in total. The number of benzene rings is 1. The van der Waals surface area contributed by atoms with Gasteiger partial charge in [0.1, 0.15) is 5.69 Å². The lowest BCUT2D eigenvalue weighted by Gasteiger charge is -2.06. The molecule has 7 heteroatoms. The van der Waals surface area contributed by atoms with Gasteiger partial charge in [0.05, 0.1) is 11.3 Å². The maximum absolute atomic E-state index is 12.8. The van der Waals surface area contributed by atoms with Crippen molar-refractivity contribution in [2.24, 2.45) is 5.92 Å². The molecule has 28 heavy (non-hydrogen) atoms. The molecule has 0 atom stereocenters. The van der Waals surface area contributed by atoms with E-state index in [4.69, 9.17) is 0 Å². The number of aromatic nitrogens is 3. The van der Waals surface area contributed by atoms with Crippen LogP contribution in [0.5, 0.6) is 0 Å². The Morgan fingerprint density at radius 2 is 1.82 bits per heavy atom. The molecule has 0 spiro atoms. The largest absolute Gasteiger partial charge is 0.354 e. The van der Waals surface area contributed by atoms with E-state index in [9.17, 15) is 9.59 Å². The third-order valence-corrected chi connectivity index (χ3v) is 4.57. The fourth-order valence-corrected chi connectivity index (χ4v) is 2.92. The quantitative estimate of drug-likeness (QED) is 0.620. The number of carbonyl (C=O) groups is 2. The van der Waals surface area contributed by atoms with E-state index in [1.165, 1.54) is 0 Å². The minimum Gasteiger partial charge on any atom is -0.354 e. The molecule has 2 amide bonds. The van der Waals surface area contributed by atoms with Gasteiger partial charge in [-0.1, -0.05) is 18.2 Å². The van der Waals surface area contributed by atoms with Crippen LogP contribution in [-0.4, -0.2) is 39.7 Å². The number of nitrogens with zero attached hydrogens (tertiary/aromatic N) is 3. The Kier molecular flexibility index (Phi) is 5.14. The molecule has 0 saturated heterocycles. The molecule has 1 aliphatic rings. The molecule has 0 unspecified atom stereocenters. The Morgan fingerprint density at radius 3 is 2.54 bits per heavy atom. The van der Waals surface area contributed by atoms with Gasteiger partial charge < -0.3 is 10.6 Å². The van der Waals surface area contributed by atoms with Crippen LogP contribution < -0.4 is 10.6 Å². The van der Waals surface area contributed by atoms with Crippen LogP contribution in [0.25, 0.3) is 16.9 Å². The molecule has 0 aliphatic heterocycles. The highest BCUT2D eigenvalue weighted by molar-refractivity contribution is 5.99. The third-order valence-electron chi connectivity index (χ3n) is 4.57. The van der Waals surface area contributed by atoms with Crippen LogP contribution in [0.2, 0.25) is 0 Å². The second-order valence-electron chi connectivity index (χ2n) is 6.73. The maximum Gasteiger partial charge on any atom is 0.255 e. The molecule has 2 aromatic heterocycles. The van der Waals surface area contributed by atoms with E-state index in [2.05, 4.69) is 20.7 Å². The second-order valence-corrected chi connectivity index (χ2v) is 6.73. The SMILES string of the molecule is O=C(NCCNC(=O)C1CC1)c1cn(-c2ccccc2)nc1-c1cccnc1. The van der Waals surface area contributed by atoms with Gasteiger partial charge in [0.2, 0.25) is 5.91 Å². The van der Waals surface area contributed by atoms with Crippen LogP contribution >= 0.6 is 0 Å². The highest BCUT2D eigenvalue weighted by Crippen LogP contribution is 2.28. The molecule has 1 fully saturated rings. The highest BCUT2D eigenvalue weighted by Gasteiger charge is 2.29. The average Bonchev–Trinajstić information content (AvgIpc) is 3.50. The van der Waals surface area contributed by atoms with E-state index in [1.807, 2.05) is 42.5 Å². The molecule has 0 bridgehead atoms. The molecular weight excluding hydrogens is 354 g/mol. The fourth-order valence-electron chi connectivity index (χ4n) is 2.92. The standard InChI is InChI=1S/C21H21N5O2/c27-20(15-8-9-15)23-11-12-24-21(28)18-14-26(17-6-2-1-3-7-17)25-19(18)16-5-4-10-22-13-16/h1-7,10,13-15H,8-9,11-12H2,(H,23,27)(H,24,28). The lowest BCUT2D eigenvalue weighted by molar-refractivity contribution is -0.122. The zero-order valence-electron chi connectivity index (χ0n) is 15.3. The number of amides is 2. The Morgan fingerprint density at radius 1 is 1.04 bits per heavy atom. The zero-order valence-corrected chi connectivity index (χ0v) is 15.3. The van der Waals surface area contributed by atoms with Gasteiger partial charge in [-0.25, -0.2) is 4.68 Å². The summed E-state index contributed by atoms with van der Waals surface area (Å²) < 4.78 is 1.69. The van der Waals surface area contributed by atoms with Gasteiger partial charge in [-0.3, -0.25) is 14.6 Å². The van der Waals surface area contributed by atoms with Gasteiger partial charge in [0.15, 0.2) is 0 Å². The normalized spacial score (nSPS) is 13.1. The average molecular weight is 375 g/mol. The van der Waals surface area contributed by atoms with Crippen LogP contribution in [0.15, 0.2) is 61.1 Å². The lowest BCUT2D eigenvalue weighted by Crippen LogP contribution is -2.35. The molecule has 3 aromatic rings. The molecular formula is C21H21N5O2. The van der Waals surface area contributed by atoms with Crippen molar-refractivity contribution < 1.29 is 9.59 Å². The summed E-state index contributed by atoms with van der Waals surface area (Å²) in [5.41, 5.74) is 2.66. The van der Waals surface area contributed by atoms with Gasteiger partial charge >= 0.3 is 0 Å². The first-order chi connectivity index (χ1) is 13.7. The maximum atomic E-state index is 12.8. The number of rotatable bonds is 7. The summed E-state index contributed by atoms with van der Waals surface area (Å²) in [7, 11) is 0. The number of carbonyl (C=O) groups excluding carboxylic acids is 2. The fraction of sp³-hybridized carbons (Fsp3) is 0.238. The first-order valence-electron chi connectivity index (χ1n) is 9.34. The Labute approximate surface area is 162 Å². The third kappa shape index (κ3) is 4.09. The lowest BCUT2D eigenvalue weighted by atomic mass is 10.1. The molecule has 2 N–H and O–H groups in total.